The third kappa shape index (κ3) is 2.88. The molecule has 1 amide bonds. The van der Waals surface area contributed by atoms with Crippen molar-refractivity contribution in [3.63, 3.8) is 0 Å². The van der Waals surface area contributed by atoms with Crippen molar-refractivity contribution in [2.45, 2.75) is 13.3 Å². The Labute approximate surface area is 112 Å². The first kappa shape index (κ1) is 13.0. The van der Waals surface area contributed by atoms with Gasteiger partial charge in [0, 0.05) is 18.9 Å². The van der Waals surface area contributed by atoms with Gasteiger partial charge in [0.1, 0.15) is 5.69 Å². The highest BCUT2D eigenvalue weighted by Crippen LogP contribution is 2.24. The van der Waals surface area contributed by atoms with Gasteiger partial charge >= 0.3 is 0 Å². The zero-order chi connectivity index (χ0) is 13.7. The molecule has 0 spiro atoms. The number of para-hydroxylation sites is 2. The number of nitrogens with zero attached hydrogens (tertiary/aromatic N) is 3. The maximum atomic E-state index is 12.5. The summed E-state index contributed by atoms with van der Waals surface area (Å²) in [5, 5.41) is 0. The van der Waals surface area contributed by atoms with Crippen molar-refractivity contribution in [1.29, 1.82) is 0 Å². The molecule has 98 valence electrons. The fourth-order valence-electron chi connectivity index (χ4n) is 1.84. The van der Waals surface area contributed by atoms with E-state index in [1.54, 1.807) is 11.0 Å². The summed E-state index contributed by atoms with van der Waals surface area (Å²) in [7, 11) is 0. The van der Waals surface area contributed by atoms with Crippen LogP contribution in [0.3, 0.4) is 0 Å². The molecule has 1 aromatic carbocycles. The smallest absolute Gasteiger partial charge is 0.278 e. The molecule has 1 heterocycles. The average molecular weight is 256 g/mol. The lowest BCUT2D eigenvalue weighted by atomic mass is 10.2. The number of hydrogen-bond donors (Lipinski definition) is 1. The van der Waals surface area contributed by atoms with Gasteiger partial charge in [-0.3, -0.25) is 9.78 Å². The highest BCUT2D eigenvalue weighted by atomic mass is 16.2. The predicted molar refractivity (Wildman–Crippen MR) is 74.9 cm³/mol. The van der Waals surface area contributed by atoms with E-state index in [0.29, 0.717) is 23.6 Å². The Balaban J connectivity index is 2.36. The summed E-state index contributed by atoms with van der Waals surface area (Å²) in [6.07, 6.45) is 5.34. The zero-order valence-electron chi connectivity index (χ0n) is 10.8. The van der Waals surface area contributed by atoms with Crippen molar-refractivity contribution in [2.24, 2.45) is 0 Å². The first-order valence-corrected chi connectivity index (χ1v) is 6.16. The summed E-state index contributed by atoms with van der Waals surface area (Å²) in [4.78, 5) is 22.1. The minimum Gasteiger partial charge on any atom is -0.397 e. The number of rotatable bonds is 4. The molecule has 2 N–H and O–H groups in total. The second-order valence-corrected chi connectivity index (χ2v) is 4.11. The molecule has 1 aromatic heterocycles. The molecular formula is C14H16N4O. The summed E-state index contributed by atoms with van der Waals surface area (Å²) < 4.78 is 0. The molecule has 0 fully saturated rings. The van der Waals surface area contributed by atoms with Crippen LogP contribution in [-0.4, -0.2) is 22.4 Å². The molecule has 0 saturated heterocycles. The first-order chi connectivity index (χ1) is 9.24. The molecule has 0 bridgehead atoms. The fraction of sp³-hybridized carbons (Fsp3) is 0.214. The molecule has 2 rings (SSSR count). The van der Waals surface area contributed by atoms with Crippen LogP contribution < -0.4 is 10.6 Å². The number of hydrogen-bond acceptors (Lipinski definition) is 4. The number of nitrogens with two attached hydrogens (primary N) is 1. The van der Waals surface area contributed by atoms with Gasteiger partial charge < -0.3 is 10.6 Å². The van der Waals surface area contributed by atoms with Crippen molar-refractivity contribution < 1.29 is 4.79 Å². The van der Waals surface area contributed by atoms with Crippen LogP contribution in [0.1, 0.15) is 23.8 Å². The lowest BCUT2D eigenvalue weighted by molar-refractivity contribution is 0.0982. The molecule has 0 atom stereocenters. The van der Waals surface area contributed by atoms with Crippen molar-refractivity contribution in [1.82, 2.24) is 9.97 Å². The predicted octanol–water partition coefficient (Wildman–Crippen LogP) is 2.12. The molecule has 0 aliphatic carbocycles. The second-order valence-electron chi connectivity index (χ2n) is 4.11. The van der Waals surface area contributed by atoms with Crippen LogP contribution in [0.5, 0.6) is 0 Å². The van der Waals surface area contributed by atoms with Crippen LogP contribution in [0, 0.1) is 0 Å². The van der Waals surface area contributed by atoms with E-state index >= 15 is 0 Å². The quantitative estimate of drug-likeness (QED) is 0.850. The summed E-state index contributed by atoms with van der Waals surface area (Å²) in [6, 6.07) is 7.31. The molecular weight excluding hydrogens is 240 g/mol. The Bertz CT molecular complexity index is 556. The van der Waals surface area contributed by atoms with Crippen molar-refractivity contribution in [2.75, 3.05) is 17.2 Å². The van der Waals surface area contributed by atoms with Gasteiger partial charge in [-0.2, -0.15) is 0 Å². The summed E-state index contributed by atoms with van der Waals surface area (Å²) in [5.41, 5.74) is 7.54. The first-order valence-electron chi connectivity index (χ1n) is 6.16. The minimum absolute atomic E-state index is 0.187. The Morgan fingerprint density at radius 2 is 2.11 bits per heavy atom. The van der Waals surface area contributed by atoms with Gasteiger partial charge in [0.25, 0.3) is 5.91 Å². The van der Waals surface area contributed by atoms with E-state index in [9.17, 15) is 4.79 Å². The minimum atomic E-state index is -0.187. The highest BCUT2D eigenvalue weighted by molar-refractivity contribution is 6.06. The lowest BCUT2D eigenvalue weighted by Crippen LogP contribution is -2.33. The normalized spacial score (nSPS) is 10.2. The van der Waals surface area contributed by atoms with Gasteiger partial charge in [-0.15, -0.1) is 0 Å². The van der Waals surface area contributed by atoms with Crippen molar-refractivity contribution in [3.8, 4) is 0 Å². The molecule has 0 unspecified atom stereocenters. The van der Waals surface area contributed by atoms with E-state index < -0.39 is 0 Å². The van der Waals surface area contributed by atoms with Gasteiger partial charge in [-0.1, -0.05) is 19.1 Å². The van der Waals surface area contributed by atoms with E-state index in [2.05, 4.69) is 9.97 Å². The maximum absolute atomic E-state index is 12.5. The topological polar surface area (TPSA) is 72.1 Å². The van der Waals surface area contributed by atoms with Crippen LogP contribution >= 0.6 is 0 Å². The van der Waals surface area contributed by atoms with Gasteiger partial charge in [0.05, 0.1) is 17.6 Å². The third-order valence-corrected chi connectivity index (χ3v) is 2.70. The molecule has 0 aliphatic rings. The molecule has 5 heteroatoms. The van der Waals surface area contributed by atoms with Gasteiger partial charge in [-0.05, 0) is 18.6 Å². The monoisotopic (exact) mass is 256 g/mol. The van der Waals surface area contributed by atoms with Crippen LogP contribution in [-0.2, 0) is 0 Å². The summed E-state index contributed by atoms with van der Waals surface area (Å²) >= 11 is 0. The molecule has 0 radical (unpaired) electrons. The van der Waals surface area contributed by atoms with Crippen LogP contribution in [0.25, 0.3) is 0 Å². The Morgan fingerprint density at radius 1 is 1.32 bits per heavy atom. The third-order valence-electron chi connectivity index (χ3n) is 2.70. The van der Waals surface area contributed by atoms with E-state index in [4.69, 9.17) is 5.73 Å². The Kier molecular flexibility index (Phi) is 4.07. The van der Waals surface area contributed by atoms with Crippen LogP contribution in [0.15, 0.2) is 42.9 Å². The summed E-state index contributed by atoms with van der Waals surface area (Å²) in [6.45, 7) is 2.60. The number of nitrogen functional groups attached to an aromatic ring is 1. The van der Waals surface area contributed by atoms with E-state index in [1.165, 1.54) is 18.6 Å². The van der Waals surface area contributed by atoms with Crippen molar-refractivity contribution in [3.05, 3.63) is 48.5 Å². The number of amides is 1. The SMILES string of the molecule is CCCN(C(=O)c1cnccn1)c1ccccc1N. The molecule has 2 aromatic rings. The number of carbonyl (C=O) groups excluding carboxylic acids is 1. The fourth-order valence-corrected chi connectivity index (χ4v) is 1.84. The van der Waals surface area contributed by atoms with Gasteiger partial charge in [0.2, 0.25) is 0 Å². The number of benzene rings is 1. The van der Waals surface area contributed by atoms with Crippen LogP contribution in [0.4, 0.5) is 11.4 Å². The Hall–Kier alpha value is -2.43. The molecule has 0 saturated carbocycles. The van der Waals surface area contributed by atoms with E-state index in [0.717, 1.165) is 6.42 Å². The maximum Gasteiger partial charge on any atom is 0.278 e. The van der Waals surface area contributed by atoms with Gasteiger partial charge in [0.15, 0.2) is 0 Å². The number of aromatic nitrogens is 2. The second kappa shape index (κ2) is 5.95. The largest absolute Gasteiger partial charge is 0.397 e. The van der Waals surface area contributed by atoms with Crippen molar-refractivity contribution >= 4 is 17.3 Å². The van der Waals surface area contributed by atoms with E-state index in [-0.39, 0.29) is 5.91 Å². The Morgan fingerprint density at radius 3 is 2.74 bits per heavy atom. The zero-order valence-corrected chi connectivity index (χ0v) is 10.8. The molecule has 19 heavy (non-hydrogen) atoms. The number of carbonyl (C=O) groups is 1. The molecule has 0 aliphatic heterocycles. The van der Waals surface area contributed by atoms with Gasteiger partial charge in [-0.25, -0.2) is 4.98 Å². The van der Waals surface area contributed by atoms with Crippen LogP contribution in [0.2, 0.25) is 0 Å². The van der Waals surface area contributed by atoms with E-state index in [1.807, 2.05) is 25.1 Å². The lowest BCUT2D eigenvalue weighted by Gasteiger charge is -2.23. The standard InChI is InChI=1S/C14H16N4O/c1-2-9-18(13-6-4-3-5-11(13)15)14(19)12-10-16-7-8-17-12/h3-8,10H,2,9,15H2,1H3. The summed E-state index contributed by atoms with van der Waals surface area (Å²) in [5.74, 6) is -0.187. The average Bonchev–Trinajstić information content (AvgIpc) is 2.46. The molecule has 5 nitrogen and oxygen atoms in total. The number of anilines is 2. The highest BCUT2D eigenvalue weighted by Gasteiger charge is 2.19.